The summed E-state index contributed by atoms with van der Waals surface area (Å²) in [5, 5.41) is 3.21. The van der Waals surface area contributed by atoms with Gasteiger partial charge in [-0.1, -0.05) is 60.1 Å². The van der Waals surface area contributed by atoms with Gasteiger partial charge in [0.25, 0.3) is 5.91 Å². The number of benzene rings is 2. The number of hydrogen-bond donors (Lipinski definition) is 1. The lowest BCUT2D eigenvalue weighted by molar-refractivity contribution is 0.0901. The number of hydrogen-bond acceptors (Lipinski definition) is 4. The van der Waals surface area contributed by atoms with Crippen molar-refractivity contribution in [3.8, 4) is 11.1 Å². The number of nitrogens with one attached hydrogen (secondary N) is 1. The van der Waals surface area contributed by atoms with Crippen LogP contribution in [-0.4, -0.2) is 28.2 Å². The Bertz CT molecular complexity index is 1030. The maximum absolute atomic E-state index is 12.9. The van der Waals surface area contributed by atoms with Crippen molar-refractivity contribution in [2.24, 2.45) is 0 Å². The first kappa shape index (κ1) is 18.3. The van der Waals surface area contributed by atoms with Crippen LogP contribution in [0, 0.1) is 0 Å². The predicted octanol–water partition coefficient (Wildman–Crippen LogP) is 4.29. The van der Waals surface area contributed by atoms with E-state index in [2.05, 4.69) is 15.3 Å². The van der Waals surface area contributed by atoms with Crippen molar-refractivity contribution >= 4 is 23.3 Å². The molecular formula is C22H18ClN3O2. The van der Waals surface area contributed by atoms with Gasteiger partial charge in [-0.3, -0.25) is 9.59 Å². The molecule has 140 valence electrons. The monoisotopic (exact) mass is 391 g/mol. The summed E-state index contributed by atoms with van der Waals surface area (Å²) in [7, 11) is 0. The Morgan fingerprint density at radius 3 is 2.43 bits per heavy atom. The Morgan fingerprint density at radius 2 is 1.71 bits per heavy atom. The van der Waals surface area contributed by atoms with E-state index in [0.717, 1.165) is 12.8 Å². The Kier molecular flexibility index (Phi) is 5.17. The molecular weight excluding hydrogens is 374 g/mol. The van der Waals surface area contributed by atoms with Gasteiger partial charge >= 0.3 is 0 Å². The average molecular weight is 392 g/mol. The molecule has 0 atom stereocenters. The van der Waals surface area contributed by atoms with E-state index in [0.29, 0.717) is 33.5 Å². The molecule has 1 aromatic heterocycles. The minimum absolute atomic E-state index is 0.104. The van der Waals surface area contributed by atoms with Crippen molar-refractivity contribution in [3.63, 3.8) is 0 Å². The third-order valence-electron chi connectivity index (χ3n) is 4.63. The van der Waals surface area contributed by atoms with Crippen molar-refractivity contribution < 1.29 is 9.59 Å². The van der Waals surface area contributed by atoms with Gasteiger partial charge in [0.1, 0.15) is 11.5 Å². The minimum Gasteiger partial charge on any atom is -0.343 e. The molecule has 1 amide bonds. The Labute approximate surface area is 167 Å². The normalized spacial score (nSPS) is 13.2. The summed E-state index contributed by atoms with van der Waals surface area (Å²) in [5.41, 5.74) is 2.03. The van der Waals surface area contributed by atoms with Crippen LogP contribution in [0.4, 0.5) is 0 Å². The molecule has 0 aliphatic heterocycles. The summed E-state index contributed by atoms with van der Waals surface area (Å²) in [6.07, 6.45) is 3.70. The van der Waals surface area contributed by atoms with Gasteiger partial charge in [-0.2, -0.15) is 0 Å². The molecule has 2 aromatic carbocycles. The lowest BCUT2D eigenvalue weighted by Crippen LogP contribution is -2.31. The van der Waals surface area contributed by atoms with Crippen LogP contribution in [0.2, 0.25) is 5.02 Å². The predicted molar refractivity (Wildman–Crippen MR) is 108 cm³/mol. The number of carbonyl (C=O) groups excluding carboxylic acids is 2. The average Bonchev–Trinajstić information content (AvgIpc) is 3.58. The van der Waals surface area contributed by atoms with Gasteiger partial charge in [-0.25, -0.2) is 9.97 Å². The summed E-state index contributed by atoms with van der Waals surface area (Å²) in [5.74, 6) is 0.390. The Morgan fingerprint density at radius 1 is 1.00 bits per heavy atom. The lowest BCUT2D eigenvalue weighted by Gasteiger charge is -2.12. The molecule has 1 aliphatic carbocycles. The van der Waals surface area contributed by atoms with Crippen molar-refractivity contribution in [2.75, 3.05) is 6.54 Å². The van der Waals surface area contributed by atoms with Gasteiger partial charge in [-0.05, 0) is 18.9 Å². The summed E-state index contributed by atoms with van der Waals surface area (Å²) in [6.45, 7) is -0.104. The van der Waals surface area contributed by atoms with Gasteiger partial charge in [0.15, 0.2) is 5.78 Å². The zero-order valence-electron chi connectivity index (χ0n) is 15.1. The van der Waals surface area contributed by atoms with Crippen LogP contribution >= 0.6 is 11.6 Å². The van der Waals surface area contributed by atoms with Crippen molar-refractivity contribution in [1.82, 2.24) is 15.3 Å². The van der Waals surface area contributed by atoms with Crippen LogP contribution in [0.1, 0.15) is 45.4 Å². The number of ketones is 1. The molecule has 6 heteroatoms. The number of amides is 1. The van der Waals surface area contributed by atoms with E-state index in [1.54, 1.807) is 36.5 Å². The lowest BCUT2D eigenvalue weighted by atomic mass is 10.0. The second-order valence-electron chi connectivity index (χ2n) is 6.72. The van der Waals surface area contributed by atoms with E-state index in [1.165, 1.54) is 0 Å². The smallest absolute Gasteiger partial charge is 0.271 e. The first-order chi connectivity index (χ1) is 13.6. The highest BCUT2D eigenvalue weighted by molar-refractivity contribution is 6.33. The topological polar surface area (TPSA) is 72.0 Å². The van der Waals surface area contributed by atoms with Crippen molar-refractivity contribution in [2.45, 2.75) is 18.8 Å². The fourth-order valence-corrected chi connectivity index (χ4v) is 3.19. The Balaban J connectivity index is 1.61. The van der Waals surface area contributed by atoms with Crippen molar-refractivity contribution in [3.05, 3.63) is 82.9 Å². The highest BCUT2D eigenvalue weighted by atomic mass is 35.5. The molecule has 5 nitrogen and oxygen atoms in total. The molecule has 0 radical (unpaired) electrons. The highest BCUT2D eigenvalue weighted by Gasteiger charge is 2.29. The molecule has 1 heterocycles. The van der Waals surface area contributed by atoms with E-state index in [9.17, 15) is 9.59 Å². The van der Waals surface area contributed by atoms with Gasteiger partial charge in [-0.15, -0.1) is 0 Å². The molecule has 1 saturated carbocycles. The molecule has 0 unspecified atom stereocenters. The SMILES string of the molecule is O=C(CNC(=O)c1nc(C2CC2)ncc1-c1ccccc1Cl)c1ccccc1. The summed E-state index contributed by atoms with van der Waals surface area (Å²) in [4.78, 5) is 34.1. The zero-order chi connectivity index (χ0) is 19.5. The molecule has 3 aromatic rings. The maximum atomic E-state index is 12.9. The molecule has 1 aliphatic rings. The van der Waals surface area contributed by atoms with E-state index in [4.69, 9.17) is 11.6 Å². The van der Waals surface area contributed by atoms with Crippen molar-refractivity contribution in [1.29, 1.82) is 0 Å². The number of Topliss-reactive ketones (excluding diaryl/α,β-unsaturated/α-hetero) is 1. The number of halogens is 1. The minimum atomic E-state index is -0.413. The largest absolute Gasteiger partial charge is 0.343 e. The highest BCUT2D eigenvalue weighted by Crippen LogP contribution is 2.39. The number of aromatic nitrogens is 2. The second kappa shape index (κ2) is 7.90. The third kappa shape index (κ3) is 3.94. The second-order valence-corrected chi connectivity index (χ2v) is 7.12. The zero-order valence-corrected chi connectivity index (χ0v) is 15.8. The number of carbonyl (C=O) groups is 2. The number of rotatable bonds is 6. The van der Waals surface area contributed by atoms with E-state index >= 15 is 0 Å². The van der Waals surface area contributed by atoms with E-state index < -0.39 is 5.91 Å². The fraction of sp³-hybridized carbons (Fsp3) is 0.182. The number of nitrogens with zero attached hydrogens (tertiary/aromatic N) is 2. The first-order valence-electron chi connectivity index (χ1n) is 9.12. The van der Waals surface area contributed by atoms with Crippen LogP contribution < -0.4 is 5.32 Å². The molecule has 28 heavy (non-hydrogen) atoms. The molecule has 4 rings (SSSR count). The molecule has 0 saturated heterocycles. The Hall–Kier alpha value is -3.05. The first-order valence-corrected chi connectivity index (χ1v) is 9.49. The van der Waals surface area contributed by atoms with Gasteiger partial charge < -0.3 is 5.32 Å². The van der Waals surface area contributed by atoms with Crippen LogP contribution in [-0.2, 0) is 0 Å². The molecule has 0 spiro atoms. The standard InChI is InChI=1S/C22H18ClN3O2/c23-18-9-5-4-8-16(18)17-12-24-21(15-10-11-15)26-20(17)22(28)25-13-19(27)14-6-2-1-3-7-14/h1-9,12,15H,10-11,13H2,(H,25,28). The quantitative estimate of drug-likeness (QED) is 0.636. The molecule has 1 N–H and O–H groups in total. The van der Waals surface area contributed by atoms with Crippen LogP contribution in [0.15, 0.2) is 60.8 Å². The third-order valence-corrected chi connectivity index (χ3v) is 4.96. The molecule has 0 bridgehead atoms. The summed E-state index contributed by atoms with van der Waals surface area (Å²) >= 11 is 6.32. The van der Waals surface area contributed by atoms with E-state index in [-0.39, 0.29) is 18.0 Å². The van der Waals surface area contributed by atoms with Gasteiger partial charge in [0.05, 0.1) is 6.54 Å². The van der Waals surface area contributed by atoms with Crippen LogP contribution in [0.25, 0.3) is 11.1 Å². The molecule has 1 fully saturated rings. The summed E-state index contributed by atoms with van der Waals surface area (Å²) in [6, 6.07) is 16.1. The van der Waals surface area contributed by atoms with Crippen LogP contribution in [0.3, 0.4) is 0 Å². The van der Waals surface area contributed by atoms with Gasteiger partial charge in [0, 0.05) is 33.8 Å². The van der Waals surface area contributed by atoms with Crippen LogP contribution in [0.5, 0.6) is 0 Å². The fourth-order valence-electron chi connectivity index (χ4n) is 2.95. The summed E-state index contributed by atoms with van der Waals surface area (Å²) < 4.78 is 0. The van der Waals surface area contributed by atoms with Gasteiger partial charge in [0.2, 0.25) is 0 Å². The van der Waals surface area contributed by atoms with E-state index in [1.807, 2.05) is 24.3 Å². The maximum Gasteiger partial charge on any atom is 0.271 e.